The van der Waals surface area contributed by atoms with Crippen molar-refractivity contribution >= 4 is 11.8 Å². The van der Waals surface area contributed by atoms with Gasteiger partial charge < -0.3 is 14.6 Å². The summed E-state index contributed by atoms with van der Waals surface area (Å²) in [6.07, 6.45) is 4.21. The van der Waals surface area contributed by atoms with E-state index in [0.717, 1.165) is 5.69 Å². The van der Waals surface area contributed by atoms with Gasteiger partial charge in [0.25, 0.3) is 5.91 Å². The largest absolute Gasteiger partial charge is 0.469 e. The van der Waals surface area contributed by atoms with Crippen molar-refractivity contribution in [1.29, 1.82) is 0 Å². The van der Waals surface area contributed by atoms with Crippen LogP contribution in [0.15, 0.2) is 29.0 Å². The first-order valence-corrected chi connectivity index (χ1v) is 7.57. The predicted molar refractivity (Wildman–Crippen MR) is 82.7 cm³/mol. The van der Waals surface area contributed by atoms with Crippen molar-refractivity contribution < 1.29 is 14.0 Å². The van der Waals surface area contributed by atoms with Crippen molar-refractivity contribution in [3.8, 4) is 0 Å². The zero-order chi connectivity index (χ0) is 16.6. The number of rotatable bonds is 3. The zero-order valence-electron chi connectivity index (χ0n) is 13.4. The fraction of sp³-hybridized carbons (Fsp3) is 0.438. The van der Waals surface area contributed by atoms with Crippen LogP contribution in [0.3, 0.4) is 0 Å². The van der Waals surface area contributed by atoms with Crippen LogP contribution < -0.4 is 5.32 Å². The molecule has 0 saturated carbocycles. The molecule has 3 heterocycles. The molecule has 0 unspecified atom stereocenters. The number of likely N-dealkylation sites (N-methyl/N-ethyl adjacent to an activating group) is 1. The van der Waals surface area contributed by atoms with Gasteiger partial charge in [0, 0.05) is 26.7 Å². The fourth-order valence-corrected chi connectivity index (χ4v) is 3.13. The molecule has 0 spiro atoms. The number of aromatic nitrogens is 2. The van der Waals surface area contributed by atoms with Crippen molar-refractivity contribution in [2.75, 3.05) is 7.05 Å². The van der Waals surface area contributed by atoms with E-state index >= 15 is 0 Å². The maximum atomic E-state index is 12.5. The summed E-state index contributed by atoms with van der Waals surface area (Å²) >= 11 is 0. The molecular formula is C16H20N4O3. The Bertz CT molecular complexity index is 733. The Morgan fingerprint density at radius 1 is 1.39 bits per heavy atom. The number of hydrogen-bond acceptors (Lipinski definition) is 4. The summed E-state index contributed by atoms with van der Waals surface area (Å²) in [6, 6.07) is 3.12. The minimum absolute atomic E-state index is 0.0705. The number of carbonyl (C=O) groups excluding carboxylic acids is 2. The highest BCUT2D eigenvalue weighted by Crippen LogP contribution is 2.30. The fourth-order valence-electron chi connectivity index (χ4n) is 3.13. The van der Waals surface area contributed by atoms with Crippen LogP contribution in [0.4, 0.5) is 0 Å². The third-order valence-electron chi connectivity index (χ3n) is 4.44. The normalized spacial score (nSPS) is 21.5. The molecule has 1 fully saturated rings. The number of nitrogens with one attached hydrogen (secondary N) is 1. The van der Waals surface area contributed by atoms with E-state index in [-0.39, 0.29) is 23.9 Å². The van der Waals surface area contributed by atoms with Gasteiger partial charge in [0.15, 0.2) is 0 Å². The standard InChI is InChI=1S/C16H20N4O3/c1-10-11(7-9-23-10)16(22)18-12-4-5-14(21)19(2)15(12)13-6-8-17-20(13)3/h6-9,12,15H,4-5H2,1-3H3,(H,18,22)/t12-,15-/m1/s1. The van der Waals surface area contributed by atoms with E-state index in [4.69, 9.17) is 4.42 Å². The number of aryl methyl sites for hydroxylation is 2. The summed E-state index contributed by atoms with van der Waals surface area (Å²) < 4.78 is 6.93. The summed E-state index contributed by atoms with van der Waals surface area (Å²) in [7, 11) is 3.60. The van der Waals surface area contributed by atoms with E-state index in [1.807, 2.05) is 13.1 Å². The molecule has 0 bridgehead atoms. The molecule has 7 heteroatoms. The van der Waals surface area contributed by atoms with Gasteiger partial charge in [-0.05, 0) is 25.5 Å². The number of amides is 2. The highest BCUT2D eigenvalue weighted by molar-refractivity contribution is 5.95. The van der Waals surface area contributed by atoms with Gasteiger partial charge in [-0.15, -0.1) is 0 Å². The van der Waals surface area contributed by atoms with Gasteiger partial charge in [0.1, 0.15) is 5.76 Å². The van der Waals surface area contributed by atoms with E-state index < -0.39 is 0 Å². The molecule has 2 aromatic rings. The molecule has 1 aliphatic heterocycles. The third-order valence-corrected chi connectivity index (χ3v) is 4.44. The monoisotopic (exact) mass is 316 g/mol. The minimum Gasteiger partial charge on any atom is -0.469 e. The third kappa shape index (κ3) is 2.74. The van der Waals surface area contributed by atoms with Gasteiger partial charge in [-0.25, -0.2) is 0 Å². The SMILES string of the molecule is Cc1occc1C(=O)N[C@@H]1CCC(=O)N(C)[C@H]1c1ccnn1C. The van der Waals surface area contributed by atoms with Crippen LogP contribution in [0.2, 0.25) is 0 Å². The van der Waals surface area contributed by atoms with E-state index in [1.165, 1.54) is 6.26 Å². The summed E-state index contributed by atoms with van der Waals surface area (Å²) in [5.74, 6) is 0.470. The Morgan fingerprint density at radius 2 is 2.17 bits per heavy atom. The van der Waals surface area contributed by atoms with Crippen LogP contribution in [-0.4, -0.2) is 39.6 Å². The molecule has 7 nitrogen and oxygen atoms in total. The van der Waals surface area contributed by atoms with Crippen LogP contribution in [-0.2, 0) is 11.8 Å². The number of carbonyl (C=O) groups is 2. The van der Waals surface area contributed by atoms with Gasteiger partial charge in [0.2, 0.25) is 5.91 Å². The van der Waals surface area contributed by atoms with Crippen molar-refractivity contribution in [2.24, 2.45) is 7.05 Å². The summed E-state index contributed by atoms with van der Waals surface area (Å²) in [5.41, 5.74) is 1.42. The first-order chi connectivity index (χ1) is 11.0. The summed E-state index contributed by atoms with van der Waals surface area (Å²) in [6.45, 7) is 1.75. The lowest BCUT2D eigenvalue weighted by Crippen LogP contribution is -2.51. The summed E-state index contributed by atoms with van der Waals surface area (Å²) in [5, 5.41) is 7.22. The molecule has 0 aliphatic carbocycles. The molecule has 122 valence electrons. The molecule has 2 amide bonds. The number of furan rings is 1. The second-order valence-corrected chi connectivity index (χ2v) is 5.84. The van der Waals surface area contributed by atoms with Crippen molar-refractivity contribution in [1.82, 2.24) is 20.0 Å². The molecule has 2 aromatic heterocycles. The highest BCUT2D eigenvalue weighted by Gasteiger charge is 2.37. The minimum atomic E-state index is -0.236. The van der Waals surface area contributed by atoms with Crippen LogP contribution >= 0.6 is 0 Å². The first-order valence-electron chi connectivity index (χ1n) is 7.57. The number of likely N-dealkylation sites (tertiary alicyclic amines) is 1. The maximum Gasteiger partial charge on any atom is 0.255 e. The molecule has 0 radical (unpaired) electrons. The lowest BCUT2D eigenvalue weighted by Gasteiger charge is -2.39. The Labute approximate surface area is 134 Å². The highest BCUT2D eigenvalue weighted by atomic mass is 16.3. The smallest absolute Gasteiger partial charge is 0.255 e. The molecule has 2 atom stereocenters. The summed E-state index contributed by atoms with van der Waals surface area (Å²) in [4.78, 5) is 26.3. The lowest BCUT2D eigenvalue weighted by atomic mass is 9.93. The molecule has 0 aromatic carbocycles. The second-order valence-electron chi connectivity index (χ2n) is 5.84. The average Bonchev–Trinajstić information content (AvgIpc) is 3.12. The van der Waals surface area contributed by atoms with Gasteiger partial charge >= 0.3 is 0 Å². The Balaban J connectivity index is 1.87. The number of hydrogen-bond donors (Lipinski definition) is 1. The van der Waals surface area contributed by atoms with E-state index in [1.54, 1.807) is 35.8 Å². The van der Waals surface area contributed by atoms with Gasteiger partial charge in [0.05, 0.1) is 29.6 Å². The van der Waals surface area contributed by atoms with Gasteiger partial charge in [-0.3, -0.25) is 14.3 Å². The van der Waals surface area contributed by atoms with Crippen LogP contribution in [0, 0.1) is 6.92 Å². The molecule has 1 saturated heterocycles. The Kier molecular flexibility index (Phi) is 3.94. The number of nitrogens with zero attached hydrogens (tertiary/aromatic N) is 3. The Morgan fingerprint density at radius 3 is 2.78 bits per heavy atom. The molecule has 1 aliphatic rings. The van der Waals surface area contributed by atoms with Crippen LogP contribution in [0.5, 0.6) is 0 Å². The lowest BCUT2D eigenvalue weighted by molar-refractivity contribution is -0.136. The molecule has 23 heavy (non-hydrogen) atoms. The second kappa shape index (κ2) is 5.91. The topological polar surface area (TPSA) is 80.4 Å². The average molecular weight is 316 g/mol. The first kappa shape index (κ1) is 15.3. The van der Waals surface area contributed by atoms with E-state index in [2.05, 4.69) is 10.4 Å². The quantitative estimate of drug-likeness (QED) is 0.928. The molecular weight excluding hydrogens is 296 g/mol. The van der Waals surface area contributed by atoms with Crippen LogP contribution in [0.25, 0.3) is 0 Å². The van der Waals surface area contributed by atoms with Crippen molar-refractivity contribution in [2.45, 2.75) is 31.8 Å². The van der Waals surface area contributed by atoms with E-state index in [0.29, 0.717) is 24.2 Å². The van der Waals surface area contributed by atoms with Gasteiger partial charge in [-0.2, -0.15) is 5.10 Å². The predicted octanol–water partition coefficient (Wildman–Crippen LogP) is 1.41. The number of piperidine rings is 1. The molecule has 1 N–H and O–H groups in total. The van der Waals surface area contributed by atoms with E-state index in [9.17, 15) is 9.59 Å². The van der Waals surface area contributed by atoms with Gasteiger partial charge in [-0.1, -0.05) is 0 Å². The molecule has 3 rings (SSSR count). The zero-order valence-corrected chi connectivity index (χ0v) is 13.4. The van der Waals surface area contributed by atoms with Crippen molar-refractivity contribution in [3.05, 3.63) is 41.6 Å². The van der Waals surface area contributed by atoms with Crippen molar-refractivity contribution in [3.63, 3.8) is 0 Å². The van der Waals surface area contributed by atoms with Crippen LogP contribution in [0.1, 0.15) is 40.7 Å². The Hall–Kier alpha value is -2.57. The maximum absolute atomic E-state index is 12.5.